The van der Waals surface area contributed by atoms with Gasteiger partial charge in [0.15, 0.2) is 0 Å². The monoisotopic (exact) mass is 240 g/mol. The summed E-state index contributed by atoms with van der Waals surface area (Å²) in [6.45, 7) is 2.58. The topological polar surface area (TPSA) is 53.4 Å². The van der Waals surface area contributed by atoms with Crippen molar-refractivity contribution in [2.45, 2.75) is 32.4 Å². The predicted octanol–water partition coefficient (Wildman–Crippen LogP) is 1.75. The van der Waals surface area contributed by atoms with Gasteiger partial charge >= 0.3 is 5.97 Å². The van der Waals surface area contributed by atoms with E-state index in [0.717, 1.165) is 23.5 Å². The molecule has 5 heteroatoms. The van der Waals surface area contributed by atoms with Crippen molar-refractivity contribution < 1.29 is 9.90 Å². The molecule has 0 amide bonds. The third-order valence-corrected chi connectivity index (χ3v) is 3.70. The molecule has 1 N–H and O–H groups in total. The Morgan fingerprint density at radius 2 is 2.44 bits per heavy atom. The Morgan fingerprint density at radius 1 is 1.75 bits per heavy atom. The summed E-state index contributed by atoms with van der Waals surface area (Å²) in [7, 11) is 1.87. The summed E-state index contributed by atoms with van der Waals surface area (Å²) in [5.74, 6) is -0.376. The lowest BCUT2D eigenvalue weighted by atomic mass is 10.1. The van der Waals surface area contributed by atoms with E-state index in [9.17, 15) is 9.90 Å². The van der Waals surface area contributed by atoms with Gasteiger partial charge in [-0.2, -0.15) is 0 Å². The Kier molecular flexibility index (Phi) is 3.25. The van der Waals surface area contributed by atoms with E-state index in [1.807, 2.05) is 24.3 Å². The van der Waals surface area contributed by atoms with Crippen LogP contribution in [0.2, 0.25) is 0 Å². The van der Waals surface area contributed by atoms with Crippen molar-refractivity contribution in [2.24, 2.45) is 5.92 Å². The third kappa shape index (κ3) is 2.59. The van der Waals surface area contributed by atoms with Gasteiger partial charge in [0.05, 0.1) is 10.7 Å². The van der Waals surface area contributed by atoms with Gasteiger partial charge in [0.1, 0.15) is 6.04 Å². The highest BCUT2D eigenvalue weighted by Gasteiger charge is 2.38. The second kappa shape index (κ2) is 4.51. The highest BCUT2D eigenvalue weighted by molar-refractivity contribution is 7.09. The van der Waals surface area contributed by atoms with Gasteiger partial charge in [-0.25, -0.2) is 4.98 Å². The van der Waals surface area contributed by atoms with Crippen molar-refractivity contribution in [1.82, 2.24) is 9.88 Å². The quantitative estimate of drug-likeness (QED) is 0.852. The molecular formula is C11H16N2O2S. The second-order valence-electron chi connectivity index (χ2n) is 4.39. The van der Waals surface area contributed by atoms with Gasteiger partial charge in [0, 0.05) is 11.9 Å². The van der Waals surface area contributed by atoms with E-state index >= 15 is 0 Å². The number of nitrogens with zero attached hydrogens (tertiary/aromatic N) is 2. The number of carboxylic acids is 1. The number of hydrogen-bond acceptors (Lipinski definition) is 4. The summed E-state index contributed by atoms with van der Waals surface area (Å²) in [4.78, 5) is 17.4. The third-order valence-electron chi connectivity index (χ3n) is 2.87. The summed E-state index contributed by atoms with van der Waals surface area (Å²) in [6.07, 6.45) is 2.08. The lowest BCUT2D eigenvalue weighted by molar-refractivity contribution is -0.143. The van der Waals surface area contributed by atoms with Crippen LogP contribution in [0.5, 0.6) is 0 Å². The first kappa shape index (κ1) is 11.5. The van der Waals surface area contributed by atoms with Crippen LogP contribution < -0.4 is 0 Å². The van der Waals surface area contributed by atoms with Gasteiger partial charge in [-0.05, 0) is 32.7 Å². The van der Waals surface area contributed by atoms with Crippen LogP contribution in [0.25, 0.3) is 0 Å². The van der Waals surface area contributed by atoms with Crippen molar-refractivity contribution in [3.8, 4) is 0 Å². The highest BCUT2D eigenvalue weighted by atomic mass is 32.1. The van der Waals surface area contributed by atoms with Crippen molar-refractivity contribution in [1.29, 1.82) is 0 Å². The van der Waals surface area contributed by atoms with Crippen LogP contribution in [-0.4, -0.2) is 34.0 Å². The fourth-order valence-corrected chi connectivity index (χ4v) is 2.60. The first-order valence-electron chi connectivity index (χ1n) is 5.42. The zero-order valence-corrected chi connectivity index (χ0v) is 10.3. The summed E-state index contributed by atoms with van der Waals surface area (Å²) in [5, 5.41) is 12.2. The molecule has 16 heavy (non-hydrogen) atoms. The van der Waals surface area contributed by atoms with E-state index in [0.29, 0.717) is 12.5 Å². The molecule has 1 aliphatic rings. The molecule has 0 bridgehead atoms. The molecular weight excluding hydrogens is 224 g/mol. The summed E-state index contributed by atoms with van der Waals surface area (Å²) in [5.41, 5.74) is 0.969. The number of aromatic nitrogens is 1. The Labute approximate surface area is 98.9 Å². The Morgan fingerprint density at radius 3 is 2.88 bits per heavy atom. The van der Waals surface area contributed by atoms with E-state index < -0.39 is 5.97 Å². The summed E-state index contributed by atoms with van der Waals surface area (Å²) >= 11 is 1.61. The molecule has 1 atom stereocenters. The molecule has 88 valence electrons. The number of hydrogen-bond donors (Lipinski definition) is 1. The molecule has 0 radical (unpaired) electrons. The smallest absolute Gasteiger partial charge is 0.321 e. The average molecular weight is 240 g/mol. The van der Waals surface area contributed by atoms with Crippen LogP contribution in [0.1, 0.15) is 23.5 Å². The first-order valence-corrected chi connectivity index (χ1v) is 6.30. The first-order chi connectivity index (χ1) is 7.58. The van der Waals surface area contributed by atoms with Crippen LogP contribution in [0.3, 0.4) is 0 Å². The maximum absolute atomic E-state index is 11.2. The van der Waals surface area contributed by atoms with Crippen LogP contribution in [0.15, 0.2) is 5.38 Å². The minimum absolute atomic E-state index is 0.335. The lowest BCUT2D eigenvalue weighted by Gasteiger charge is -2.23. The second-order valence-corrected chi connectivity index (χ2v) is 5.46. The number of rotatable bonds is 5. The van der Waals surface area contributed by atoms with Crippen LogP contribution >= 0.6 is 11.3 Å². The van der Waals surface area contributed by atoms with Gasteiger partial charge < -0.3 is 5.11 Å². The Bertz CT molecular complexity index is 387. The minimum Gasteiger partial charge on any atom is -0.480 e. The van der Waals surface area contributed by atoms with E-state index in [1.165, 1.54) is 0 Å². The summed E-state index contributed by atoms with van der Waals surface area (Å²) < 4.78 is 0. The van der Waals surface area contributed by atoms with Crippen LogP contribution in [0.4, 0.5) is 0 Å². The molecule has 2 rings (SSSR count). The maximum Gasteiger partial charge on any atom is 0.321 e. The van der Waals surface area contributed by atoms with Crippen LogP contribution in [-0.2, 0) is 11.3 Å². The summed E-state index contributed by atoms with van der Waals surface area (Å²) in [6, 6.07) is -0.345. The zero-order valence-electron chi connectivity index (χ0n) is 9.51. The fraction of sp³-hybridized carbons (Fsp3) is 0.636. The van der Waals surface area contributed by atoms with Gasteiger partial charge in [-0.15, -0.1) is 11.3 Å². The number of carbonyl (C=O) groups is 1. The predicted molar refractivity (Wildman–Crippen MR) is 62.5 cm³/mol. The van der Waals surface area contributed by atoms with Crippen molar-refractivity contribution in [2.75, 3.05) is 7.05 Å². The largest absolute Gasteiger partial charge is 0.480 e. The van der Waals surface area contributed by atoms with Gasteiger partial charge in [-0.3, -0.25) is 9.69 Å². The molecule has 1 saturated carbocycles. The standard InChI is InChI=1S/C11H16N2O2S/c1-7-12-9(6-16-7)5-13(2)10(11(14)15)8-3-4-8/h6,8,10H,3-5H2,1-2H3,(H,14,15). The number of aryl methyl sites for hydroxylation is 1. The number of aliphatic carboxylic acids is 1. The fourth-order valence-electron chi connectivity index (χ4n) is 2.00. The van der Waals surface area contributed by atoms with E-state index in [-0.39, 0.29) is 6.04 Å². The van der Waals surface area contributed by atoms with Crippen molar-refractivity contribution in [3.63, 3.8) is 0 Å². The number of likely N-dealkylation sites (N-methyl/N-ethyl adjacent to an activating group) is 1. The minimum atomic E-state index is -0.711. The molecule has 1 fully saturated rings. The molecule has 1 heterocycles. The average Bonchev–Trinajstić information content (AvgIpc) is 2.91. The Hall–Kier alpha value is -0.940. The molecule has 0 aromatic carbocycles. The normalized spacial score (nSPS) is 17.7. The number of thiazole rings is 1. The van der Waals surface area contributed by atoms with Crippen molar-refractivity contribution in [3.05, 3.63) is 16.1 Å². The molecule has 4 nitrogen and oxygen atoms in total. The number of carboxylic acid groups (broad SMARTS) is 1. The van der Waals surface area contributed by atoms with Crippen LogP contribution in [0, 0.1) is 12.8 Å². The Balaban J connectivity index is 2.00. The zero-order chi connectivity index (χ0) is 11.7. The molecule has 0 spiro atoms. The molecule has 1 aliphatic carbocycles. The maximum atomic E-state index is 11.2. The van der Waals surface area contributed by atoms with Gasteiger partial charge in [-0.1, -0.05) is 0 Å². The molecule has 1 unspecified atom stereocenters. The van der Waals surface area contributed by atoms with E-state index in [4.69, 9.17) is 0 Å². The molecule has 0 saturated heterocycles. The molecule has 0 aliphatic heterocycles. The SMILES string of the molecule is Cc1nc(CN(C)C(C(=O)O)C2CC2)cs1. The highest BCUT2D eigenvalue weighted by Crippen LogP contribution is 2.35. The van der Waals surface area contributed by atoms with Gasteiger partial charge in [0.25, 0.3) is 0 Å². The lowest BCUT2D eigenvalue weighted by Crippen LogP contribution is -2.39. The molecule has 1 aromatic rings. The van der Waals surface area contributed by atoms with E-state index in [2.05, 4.69) is 4.98 Å². The van der Waals surface area contributed by atoms with E-state index in [1.54, 1.807) is 11.3 Å². The van der Waals surface area contributed by atoms with Crippen molar-refractivity contribution >= 4 is 17.3 Å². The molecule has 1 aromatic heterocycles. The van der Waals surface area contributed by atoms with Gasteiger partial charge in [0.2, 0.25) is 0 Å².